The quantitative estimate of drug-likeness (QED) is 0.515. The summed E-state index contributed by atoms with van der Waals surface area (Å²) in [5, 5.41) is 2.79. The third kappa shape index (κ3) is 5.31. The molecular formula is C19H14Br2N2O3. The van der Waals surface area contributed by atoms with Gasteiger partial charge in [0.05, 0.1) is 5.69 Å². The number of amides is 1. The molecule has 0 saturated carbocycles. The molecule has 132 valence electrons. The summed E-state index contributed by atoms with van der Waals surface area (Å²) < 4.78 is 12.8. The van der Waals surface area contributed by atoms with Crippen LogP contribution in [0.3, 0.4) is 0 Å². The second kappa shape index (κ2) is 8.82. The van der Waals surface area contributed by atoms with E-state index in [4.69, 9.17) is 9.47 Å². The van der Waals surface area contributed by atoms with Crippen LogP contribution in [0, 0.1) is 0 Å². The summed E-state index contributed by atoms with van der Waals surface area (Å²) in [5.74, 6) is 1.47. The molecule has 1 aromatic heterocycles. The van der Waals surface area contributed by atoms with Crippen molar-refractivity contribution in [1.29, 1.82) is 0 Å². The molecule has 7 heteroatoms. The van der Waals surface area contributed by atoms with Crippen LogP contribution in [0.2, 0.25) is 0 Å². The number of aromatic nitrogens is 1. The zero-order valence-corrected chi connectivity index (χ0v) is 16.7. The van der Waals surface area contributed by atoms with Gasteiger partial charge in [-0.3, -0.25) is 4.79 Å². The fraction of sp³-hybridized carbons (Fsp3) is 0.0526. The van der Waals surface area contributed by atoms with Gasteiger partial charge in [-0.05, 0) is 64.5 Å². The number of hydrogen-bond acceptors (Lipinski definition) is 4. The lowest BCUT2D eigenvalue weighted by Gasteiger charge is -2.10. The monoisotopic (exact) mass is 476 g/mol. The maximum atomic E-state index is 12.1. The molecule has 1 heterocycles. The molecule has 1 amide bonds. The zero-order valence-electron chi connectivity index (χ0n) is 13.5. The standard InChI is InChI=1S/C19H14Br2N2O3/c20-13-4-9-16(21)17(11-13)23-18(24)12-25-14-5-7-15(8-6-14)26-19-3-1-2-10-22-19/h1-11H,12H2,(H,23,24). The Hall–Kier alpha value is -2.38. The molecule has 0 unspecified atom stereocenters. The highest BCUT2D eigenvalue weighted by Gasteiger charge is 2.07. The zero-order chi connectivity index (χ0) is 18.4. The molecule has 3 aromatic rings. The van der Waals surface area contributed by atoms with E-state index in [0.717, 1.165) is 8.95 Å². The van der Waals surface area contributed by atoms with Gasteiger partial charge in [-0.15, -0.1) is 0 Å². The number of pyridine rings is 1. The average molecular weight is 478 g/mol. The maximum absolute atomic E-state index is 12.1. The lowest BCUT2D eigenvalue weighted by Crippen LogP contribution is -2.20. The van der Waals surface area contributed by atoms with Gasteiger partial charge in [-0.25, -0.2) is 4.98 Å². The number of benzene rings is 2. The summed E-state index contributed by atoms with van der Waals surface area (Å²) in [5.41, 5.74) is 0.673. The van der Waals surface area contributed by atoms with Crippen LogP contribution in [-0.2, 0) is 4.79 Å². The van der Waals surface area contributed by atoms with Crippen LogP contribution in [0.15, 0.2) is 75.8 Å². The van der Waals surface area contributed by atoms with E-state index in [2.05, 4.69) is 42.2 Å². The highest BCUT2D eigenvalue weighted by Crippen LogP contribution is 2.26. The van der Waals surface area contributed by atoms with Gasteiger partial charge in [0.1, 0.15) is 11.5 Å². The molecule has 0 aliphatic heterocycles. The molecule has 0 radical (unpaired) electrons. The molecule has 0 fully saturated rings. The Labute approximate surface area is 167 Å². The topological polar surface area (TPSA) is 60.5 Å². The van der Waals surface area contributed by atoms with Gasteiger partial charge < -0.3 is 14.8 Å². The fourth-order valence-corrected chi connectivity index (χ4v) is 2.77. The molecule has 0 saturated heterocycles. The predicted octanol–water partition coefficient (Wildman–Crippen LogP) is 5.42. The second-order valence-corrected chi connectivity index (χ2v) is 6.97. The molecule has 0 bridgehead atoms. The van der Waals surface area contributed by atoms with E-state index in [1.54, 1.807) is 36.5 Å². The second-order valence-electron chi connectivity index (χ2n) is 5.20. The molecule has 0 atom stereocenters. The van der Waals surface area contributed by atoms with Crippen molar-refractivity contribution in [2.24, 2.45) is 0 Å². The maximum Gasteiger partial charge on any atom is 0.262 e. The Balaban J connectivity index is 1.53. The molecule has 0 spiro atoms. The van der Waals surface area contributed by atoms with E-state index in [1.165, 1.54) is 0 Å². The van der Waals surface area contributed by atoms with Crippen LogP contribution in [0.5, 0.6) is 17.4 Å². The van der Waals surface area contributed by atoms with Gasteiger partial charge in [0.15, 0.2) is 6.61 Å². The van der Waals surface area contributed by atoms with Crippen molar-refractivity contribution in [3.63, 3.8) is 0 Å². The van der Waals surface area contributed by atoms with Crippen molar-refractivity contribution >= 4 is 43.5 Å². The number of carbonyl (C=O) groups excluding carboxylic acids is 1. The van der Waals surface area contributed by atoms with Gasteiger partial charge in [0.2, 0.25) is 5.88 Å². The third-order valence-corrected chi connectivity index (χ3v) is 4.44. The number of nitrogens with zero attached hydrogens (tertiary/aromatic N) is 1. The Morgan fingerprint density at radius 2 is 1.77 bits per heavy atom. The largest absolute Gasteiger partial charge is 0.484 e. The Bertz CT molecular complexity index is 887. The van der Waals surface area contributed by atoms with E-state index < -0.39 is 0 Å². The van der Waals surface area contributed by atoms with Crippen LogP contribution in [0.4, 0.5) is 5.69 Å². The predicted molar refractivity (Wildman–Crippen MR) is 107 cm³/mol. The van der Waals surface area contributed by atoms with Crippen LogP contribution in [0.25, 0.3) is 0 Å². The minimum Gasteiger partial charge on any atom is -0.484 e. The fourth-order valence-electron chi connectivity index (χ4n) is 2.06. The average Bonchev–Trinajstić information content (AvgIpc) is 2.65. The van der Waals surface area contributed by atoms with Crippen molar-refractivity contribution in [2.45, 2.75) is 0 Å². The van der Waals surface area contributed by atoms with Crippen molar-refractivity contribution in [3.8, 4) is 17.4 Å². The summed E-state index contributed by atoms with van der Waals surface area (Å²) in [7, 11) is 0. The van der Waals surface area contributed by atoms with Crippen molar-refractivity contribution in [1.82, 2.24) is 4.98 Å². The Kier molecular flexibility index (Phi) is 6.25. The van der Waals surface area contributed by atoms with Crippen molar-refractivity contribution in [3.05, 3.63) is 75.8 Å². The molecule has 5 nitrogen and oxygen atoms in total. The van der Waals surface area contributed by atoms with Crippen molar-refractivity contribution < 1.29 is 14.3 Å². The number of anilines is 1. The smallest absolute Gasteiger partial charge is 0.262 e. The normalized spacial score (nSPS) is 10.2. The molecule has 0 aliphatic carbocycles. The molecule has 1 N–H and O–H groups in total. The molecular weight excluding hydrogens is 464 g/mol. The summed E-state index contributed by atoms with van der Waals surface area (Å²) in [6, 6.07) is 18.0. The Morgan fingerprint density at radius 1 is 1.00 bits per heavy atom. The van der Waals surface area contributed by atoms with Crippen LogP contribution in [-0.4, -0.2) is 17.5 Å². The first-order chi connectivity index (χ1) is 12.6. The summed E-state index contributed by atoms with van der Waals surface area (Å²) in [6.45, 7) is -0.0978. The number of nitrogens with one attached hydrogen (secondary N) is 1. The highest BCUT2D eigenvalue weighted by molar-refractivity contribution is 9.11. The van der Waals surface area contributed by atoms with Gasteiger partial charge in [-0.2, -0.15) is 0 Å². The van der Waals surface area contributed by atoms with E-state index >= 15 is 0 Å². The molecule has 3 rings (SSSR count). The minimum atomic E-state index is -0.252. The van der Waals surface area contributed by atoms with Gasteiger partial charge in [0.25, 0.3) is 5.91 Å². The highest BCUT2D eigenvalue weighted by atomic mass is 79.9. The van der Waals surface area contributed by atoms with Crippen LogP contribution < -0.4 is 14.8 Å². The lowest BCUT2D eigenvalue weighted by atomic mass is 10.3. The number of hydrogen-bond donors (Lipinski definition) is 1. The molecule has 26 heavy (non-hydrogen) atoms. The van der Waals surface area contributed by atoms with Crippen LogP contribution in [0.1, 0.15) is 0 Å². The van der Waals surface area contributed by atoms with E-state index in [1.807, 2.05) is 30.3 Å². The molecule has 0 aliphatic rings. The number of halogens is 2. The van der Waals surface area contributed by atoms with E-state index in [-0.39, 0.29) is 12.5 Å². The van der Waals surface area contributed by atoms with Gasteiger partial charge >= 0.3 is 0 Å². The first-order valence-electron chi connectivity index (χ1n) is 7.67. The number of carbonyl (C=O) groups is 1. The van der Waals surface area contributed by atoms with Crippen LogP contribution >= 0.6 is 31.9 Å². The van der Waals surface area contributed by atoms with Gasteiger partial charge in [-0.1, -0.05) is 22.0 Å². The number of ether oxygens (including phenoxy) is 2. The lowest BCUT2D eigenvalue weighted by molar-refractivity contribution is -0.118. The van der Waals surface area contributed by atoms with Crippen molar-refractivity contribution in [2.75, 3.05) is 11.9 Å². The Morgan fingerprint density at radius 3 is 2.50 bits per heavy atom. The third-order valence-electron chi connectivity index (χ3n) is 3.26. The first kappa shape index (κ1) is 18.4. The SMILES string of the molecule is O=C(COc1ccc(Oc2ccccn2)cc1)Nc1cc(Br)ccc1Br. The van der Waals surface area contributed by atoms with Gasteiger partial charge in [0, 0.05) is 21.2 Å². The summed E-state index contributed by atoms with van der Waals surface area (Å²) in [6.07, 6.45) is 1.66. The minimum absolute atomic E-state index is 0.0978. The summed E-state index contributed by atoms with van der Waals surface area (Å²) >= 11 is 6.77. The molecule has 2 aromatic carbocycles. The summed E-state index contributed by atoms with van der Waals surface area (Å²) in [4.78, 5) is 16.1. The number of rotatable bonds is 6. The van der Waals surface area contributed by atoms with E-state index in [0.29, 0.717) is 23.1 Å². The first-order valence-corrected chi connectivity index (χ1v) is 9.25. The van der Waals surface area contributed by atoms with E-state index in [9.17, 15) is 4.79 Å².